The number of amides is 1. The number of thiazole rings is 1. The molecule has 0 saturated carbocycles. The van der Waals surface area contributed by atoms with Gasteiger partial charge in [-0.1, -0.05) is 24.0 Å². The van der Waals surface area contributed by atoms with E-state index in [1.807, 2.05) is 29.9 Å². The second-order valence-electron chi connectivity index (χ2n) is 5.14. The molecule has 24 heavy (non-hydrogen) atoms. The first kappa shape index (κ1) is 16.9. The molecule has 6 nitrogen and oxygen atoms in total. The van der Waals surface area contributed by atoms with E-state index in [0.717, 1.165) is 38.7 Å². The Morgan fingerprint density at radius 2 is 2.21 bits per heavy atom. The number of aliphatic carboxylic acids is 1. The Morgan fingerprint density at radius 3 is 2.83 bits per heavy atom. The lowest BCUT2D eigenvalue weighted by molar-refractivity contribution is -0.140. The summed E-state index contributed by atoms with van der Waals surface area (Å²) >= 11 is 7.76. The first-order chi connectivity index (χ1) is 11.4. The maximum Gasteiger partial charge on any atom is 0.323 e. The van der Waals surface area contributed by atoms with Gasteiger partial charge in [-0.05, 0) is 31.6 Å². The number of carbonyl (C=O) groups excluding carboxylic acids is 1. The third-order valence-corrected chi connectivity index (χ3v) is 5.67. The van der Waals surface area contributed by atoms with Crippen LogP contribution in [-0.4, -0.2) is 42.3 Å². The van der Waals surface area contributed by atoms with Crippen LogP contribution in [0.1, 0.15) is 17.0 Å². The van der Waals surface area contributed by atoms with Gasteiger partial charge in [0.25, 0.3) is 5.91 Å². The zero-order valence-electron chi connectivity index (χ0n) is 12.8. The Bertz CT molecular complexity index is 868. The molecule has 0 radical (unpaired) electrons. The van der Waals surface area contributed by atoms with E-state index in [-0.39, 0.29) is 10.2 Å². The summed E-state index contributed by atoms with van der Waals surface area (Å²) in [5, 5.41) is 11.7. The number of thioether (sulfide) groups is 1. The summed E-state index contributed by atoms with van der Waals surface area (Å²) in [6.45, 7) is 3.51. The van der Waals surface area contributed by atoms with Crippen LogP contribution in [0.15, 0.2) is 22.5 Å². The van der Waals surface area contributed by atoms with Gasteiger partial charge in [0.2, 0.25) is 0 Å². The molecule has 3 rings (SSSR count). The van der Waals surface area contributed by atoms with Crippen LogP contribution in [0.4, 0.5) is 0 Å². The van der Waals surface area contributed by atoms with Crippen molar-refractivity contribution in [1.82, 2.24) is 14.5 Å². The molecule has 1 fully saturated rings. The lowest BCUT2D eigenvalue weighted by Crippen LogP contribution is -2.33. The van der Waals surface area contributed by atoms with Gasteiger partial charge in [0.1, 0.15) is 10.9 Å². The highest BCUT2D eigenvalue weighted by Gasteiger charge is 2.33. The van der Waals surface area contributed by atoms with E-state index in [9.17, 15) is 9.59 Å². The van der Waals surface area contributed by atoms with Gasteiger partial charge in [0.15, 0.2) is 5.13 Å². The van der Waals surface area contributed by atoms with Gasteiger partial charge < -0.3 is 5.11 Å². The second kappa shape index (κ2) is 6.50. The lowest BCUT2D eigenvalue weighted by Gasteiger charge is -2.10. The zero-order valence-corrected chi connectivity index (χ0v) is 15.3. The topological polar surface area (TPSA) is 75.4 Å². The van der Waals surface area contributed by atoms with Crippen molar-refractivity contribution in [2.45, 2.75) is 13.8 Å². The van der Waals surface area contributed by atoms with Crippen molar-refractivity contribution in [1.29, 1.82) is 0 Å². The minimum atomic E-state index is -1.09. The van der Waals surface area contributed by atoms with Gasteiger partial charge >= 0.3 is 5.97 Å². The van der Waals surface area contributed by atoms with Crippen LogP contribution in [0.3, 0.4) is 0 Å². The summed E-state index contributed by atoms with van der Waals surface area (Å²) < 4.78 is 2.29. The molecule has 0 aliphatic carbocycles. The Morgan fingerprint density at radius 1 is 1.46 bits per heavy atom. The zero-order chi connectivity index (χ0) is 17.4. The van der Waals surface area contributed by atoms with Crippen molar-refractivity contribution in [2.24, 2.45) is 0 Å². The monoisotopic (exact) mass is 379 g/mol. The van der Waals surface area contributed by atoms with Crippen LogP contribution < -0.4 is 0 Å². The summed E-state index contributed by atoms with van der Waals surface area (Å²) in [5.41, 5.74) is 2.86. The van der Waals surface area contributed by atoms with Gasteiger partial charge in [-0.3, -0.25) is 19.1 Å². The summed E-state index contributed by atoms with van der Waals surface area (Å²) in [6, 6.07) is 1.97. The minimum absolute atomic E-state index is 0.266. The van der Waals surface area contributed by atoms with E-state index in [4.69, 9.17) is 17.3 Å². The van der Waals surface area contributed by atoms with E-state index in [2.05, 4.69) is 4.98 Å². The molecule has 1 N–H and O–H groups in total. The average Bonchev–Trinajstić information content (AvgIpc) is 3.17. The Labute approximate surface area is 151 Å². The summed E-state index contributed by atoms with van der Waals surface area (Å²) in [4.78, 5) is 29.1. The average molecular weight is 379 g/mol. The van der Waals surface area contributed by atoms with Crippen molar-refractivity contribution < 1.29 is 14.7 Å². The lowest BCUT2D eigenvalue weighted by atomic mass is 10.2. The van der Waals surface area contributed by atoms with Crippen LogP contribution in [-0.2, 0) is 9.59 Å². The number of carbonyl (C=O) groups is 2. The van der Waals surface area contributed by atoms with Crippen LogP contribution in [0.25, 0.3) is 11.2 Å². The number of carboxylic acids is 1. The molecule has 3 heterocycles. The van der Waals surface area contributed by atoms with Gasteiger partial charge in [-0.15, -0.1) is 11.3 Å². The predicted octanol–water partition coefficient (Wildman–Crippen LogP) is 2.84. The molecule has 1 amide bonds. The van der Waals surface area contributed by atoms with Crippen molar-refractivity contribution in [3.63, 3.8) is 0 Å². The maximum atomic E-state index is 12.4. The highest BCUT2D eigenvalue weighted by Crippen LogP contribution is 2.34. The molecule has 124 valence electrons. The molecule has 0 unspecified atom stereocenters. The maximum absolute atomic E-state index is 12.4. The van der Waals surface area contributed by atoms with Crippen molar-refractivity contribution in [2.75, 3.05) is 6.54 Å². The van der Waals surface area contributed by atoms with Gasteiger partial charge in [0, 0.05) is 23.0 Å². The quantitative estimate of drug-likeness (QED) is 0.650. The standard InChI is InChI=1S/C15H13N3O3S3/c1-8-5-10(9(2)18(8)14-16-3-4-23-14)6-11-13(21)17(7-12(19)20)15(22)24-11/h3-6H,7H2,1-2H3,(H,19,20)/b11-6-. The molecular formula is C15H13N3O3S3. The van der Waals surface area contributed by atoms with Crippen LogP contribution >= 0.6 is 35.3 Å². The molecule has 1 aliphatic rings. The fourth-order valence-corrected chi connectivity index (χ4v) is 4.46. The van der Waals surface area contributed by atoms with Crippen molar-refractivity contribution in [3.05, 3.63) is 39.5 Å². The molecule has 0 bridgehead atoms. The number of hydrogen-bond acceptors (Lipinski definition) is 6. The fourth-order valence-electron chi connectivity index (χ4n) is 2.47. The SMILES string of the molecule is Cc1cc(/C=C2\SC(=S)N(CC(=O)O)C2=O)c(C)n1-c1nccs1. The van der Waals surface area contributed by atoms with Crippen LogP contribution in [0.2, 0.25) is 0 Å². The molecule has 2 aromatic rings. The molecular weight excluding hydrogens is 366 g/mol. The van der Waals surface area contributed by atoms with Gasteiger partial charge in [-0.2, -0.15) is 0 Å². The normalized spacial score (nSPS) is 16.4. The summed E-state index contributed by atoms with van der Waals surface area (Å²) in [6.07, 6.45) is 3.50. The number of aromatic nitrogens is 2. The number of nitrogens with zero attached hydrogens (tertiary/aromatic N) is 3. The first-order valence-electron chi connectivity index (χ1n) is 6.94. The highest BCUT2D eigenvalue weighted by atomic mass is 32.2. The first-order valence-corrected chi connectivity index (χ1v) is 9.05. The largest absolute Gasteiger partial charge is 0.480 e. The third kappa shape index (κ3) is 3.02. The smallest absolute Gasteiger partial charge is 0.323 e. The number of carboxylic acid groups (broad SMARTS) is 1. The predicted molar refractivity (Wildman–Crippen MR) is 98.4 cm³/mol. The summed E-state index contributed by atoms with van der Waals surface area (Å²) in [5.74, 6) is -1.46. The number of hydrogen-bond donors (Lipinski definition) is 1. The number of rotatable bonds is 4. The van der Waals surface area contributed by atoms with E-state index in [0.29, 0.717) is 4.91 Å². The highest BCUT2D eigenvalue weighted by molar-refractivity contribution is 8.26. The molecule has 1 aliphatic heterocycles. The van der Waals surface area contributed by atoms with Gasteiger partial charge in [0.05, 0.1) is 4.91 Å². The van der Waals surface area contributed by atoms with E-state index < -0.39 is 12.5 Å². The fraction of sp³-hybridized carbons (Fsp3) is 0.200. The van der Waals surface area contributed by atoms with Gasteiger partial charge in [-0.25, -0.2) is 4.98 Å². The second-order valence-corrected chi connectivity index (χ2v) is 7.69. The summed E-state index contributed by atoms with van der Waals surface area (Å²) in [7, 11) is 0. The third-order valence-electron chi connectivity index (χ3n) is 3.53. The van der Waals surface area contributed by atoms with E-state index in [1.165, 1.54) is 11.3 Å². The molecule has 9 heteroatoms. The molecule has 0 atom stereocenters. The Kier molecular flexibility index (Phi) is 4.57. The van der Waals surface area contributed by atoms with Crippen molar-refractivity contribution >= 4 is 57.6 Å². The number of thiocarbonyl (C=S) groups is 1. The van der Waals surface area contributed by atoms with Crippen LogP contribution in [0.5, 0.6) is 0 Å². The van der Waals surface area contributed by atoms with E-state index in [1.54, 1.807) is 12.3 Å². The Hall–Kier alpha value is -1.97. The molecule has 2 aromatic heterocycles. The Balaban J connectivity index is 1.96. The molecule has 0 aromatic carbocycles. The minimum Gasteiger partial charge on any atom is -0.480 e. The molecule has 1 saturated heterocycles. The molecule has 0 spiro atoms. The number of aryl methyl sites for hydroxylation is 1. The van der Waals surface area contributed by atoms with Crippen LogP contribution in [0, 0.1) is 13.8 Å². The van der Waals surface area contributed by atoms with Crippen molar-refractivity contribution in [3.8, 4) is 5.13 Å². The van der Waals surface area contributed by atoms with E-state index >= 15 is 0 Å².